The Hall–Kier alpha value is -1.38. The van der Waals surface area contributed by atoms with Gasteiger partial charge in [0.25, 0.3) is 0 Å². The number of ether oxygens (including phenoxy) is 1. The van der Waals surface area contributed by atoms with Gasteiger partial charge in [-0.05, 0) is 4.81 Å². The van der Waals surface area contributed by atoms with Gasteiger partial charge in [-0.15, -0.1) is 0 Å². The number of carboxylic acids is 1. The van der Waals surface area contributed by atoms with Crippen LogP contribution >= 0.6 is 0 Å². The van der Waals surface area contributed by atoms with Crippen molar-refractivity contribution in [1.29, 1.82) is 0 Å². The van der Waals surface area contributed by atoms with Crippen molar-refractivity contribution in [2.75, 3.05) is 20.2 Å². The van der Waals surface area contributed by atoms with Crippen LogP contribution in [-0.2, 0) is 9.53 Å². The van der Waals surface area contributed by atoms with Crippen molar-refractivity contribution in [2.24, 2.45) is 5.92 Å². The first-order valence-corrected chi connectivity index (χ1v) is 5.25. The van der Waals surface area contributed by atoms with Crippen molar-refractivity contribution in [2.45, 2.75) is 18.9 Å². The number of piperidine rings is 1. The predicted molar refractivity (Wildman–Crippen MR) is 53.3 cm³/mol. The summed E-state index contributed by atoms with van der Waals surface area (Å²) in [4.78, 5) is 20.9. The van der Waals surface area contributed by atoms with E-state index in [0.29, 0.717) is 12.8 Å². The number of quaternary nitrogens is 1. The van der Waals surface area contributed by atoms with Crippen LogP contribution in [-0.4, -0.2) is 58.6 Å². The molecule has 0 bridgehead atoms. The Balaban J connectivity index is 2.60. The van der Waals surface area contributed by atoms with E-state index in [2.05, 4.69) is 10.1 Å². The molecule has 0 radical (unpaired) electrons. The molecule has 17 heavy (non-hydrogen) atoms. The number of nitrogens with one attached hydrogen (secondary N) is 1. The van der Waals surface area contributed by atoms with Crippen molar-refractivity contribution in [3.05, 3.63) is 0 Å². The van der Waals surface area contributed by atoms with Crippen LogP contribution in [0.5, 0.6) is 0 Å². The van der Waals surface area contributed by atoms with Crippen LogP contribution in [0.3, 0.4) is 0 Å². The predicted octanol–water partition coefficient (Wildman–Crippen LogP) is -0.199. The Kier molecular flexibility index (Phi) is 4.27. The van der Waals surface area contributed by atoms with E-state index in [4.69, 9.17) is 5.11 Å². The number of rotatable bonds is 3. The lowest BCUT2D eigenvalue weighted by atomic mass is 9.90. The van der Waals surface area contributed by atoms with Crippen LogP contribution in [0, 0.1) is 5.92 Å². The number of carboxylic acid groups (broad SMARTS) is 1. The Morgan fingerprint density at radius 2 is 1.88 bits per heavy atom. The fourth-order valence-corrected chi connectivity index (χ4v) is 1.90. The molecule has 0 spiro atoms. The maximum Gasteiger partial charge on any atom is 0.407 e. The molecule has 98 valence electrons. The lowest BCUT2D eigenvalue weighted by molar-refractivity contribution is -1.25. The van der Waals surface area contributed by atoms with Gasteiger partial charge in [0, 0.05) is 18.8 Å². The molecule has 4 N–H and O–H groups in total. The van der Waals surface area contributed by atoms with Crippen LogP contribution in [0.1, 0.15) is 12.8 Å². The highest BCUT2D eigenvalue weighted by atomic mass is 16.8. The molecule has 1 rings (SSSR count). The Bertz CT molecular complexity index is 296. The molecule has 0 aromatic carbocycles. The highest BCUT2D eigenvalue weighted by molar-refractivity contribution is 5.80. The lowest BCUT2D eigenvalue weighted by Gasteiger charge is -2.32. The molecule has 1 saturated heterocycles. The molecule has 1 unspecified atom stereocenters. The number of carbonyl (C=O) groups is 2. The van der Waals surface area contributed by atoms with Gasteiger partial charge in [-0.1, -0.05) is 0 Å². The summed E-state index contributed by atoms with van der Waals surface area (Å²) in [6, 6.07) is -1.07. The van der Waals surface area contributed by atoms with Gasteiger partial charge in [0.2, 0.25) is 0 Å². The minimum Gasteiger partial charge on any atom is -0.480 e. The Labute approximate surface area is 97.9 Å². The van der Waals surface area contributed by atoms with Gasteiger partial charge in [-0.2, -0.15) is 10.4 Å². The molecule has 0 aliphatic carbocycles. The summed E-state index contributed by atoms with van der Waals surface area (Å²) in [5.41, 5.74) is 0. The largest absolute Gasteiger partial charge is 0.480 e. The first-order chi connectivity index (χ1) is 7.85. The molecule has 1 atom stereocenters. The van der Waals surface area contributed by atoms with E-state index in [9.17, 15) is 20.0 Å². The van der Waals surface area contributed by atoms with Gasteiger partial charge in [-0.25, -0.2) is 9.59 Å². The van der Waals surface area contributed by atoms with Gasteiger partial charge < -0.3 is 15.2 Å². The molecule has 1 amide bonds. The van der Waals surface area contributed by atoms with Crippen molar-refractivity contribution in [3.63, 3.8) is 0 Å². The van der Waals surface area contributed by atoms with Crippen molar-refractivity contribution < 1.29 is 34.7 Å². The van der Waals surface area contributed by atoms with E-state index in [1.165, 1.54) is 0 Å². The quantitative estimate of drug-likeness (QED) is 0.515. The summed E-state index contributed by atoms with van der Waals surface area (Å²) in [7, 11) is 1.15. The first kappa shape index (κ1) is 13.7. The molecule has 1 aliphatic rings. The maximum absolute atomic E-state index is 11.0. The molecule has 1 aliphatic heterocycles. The highest BCUT2D eigenvalue weighted by Crippen LogP contribution is 2.23. The third-order valence-electron chi connectivity index (χ3n) is 2.91. The number of methoxy groups -OCH3 is 1. The summed E-state index contributed by atoms with van der Waals surface area (Å²) >= 11 is 0. The van der Waals surface area contributed by atoms with Crippen LogP contribution in [0.15, 0.2) is 0 Å². The summed E-state index contributed by atoms with van der Waals surface area (Å²) in [5, 5.41) is 29.8. The highest BCUT2D eigenvalue weighted by Gasteiger charge is 2.39. The van der Waals surface area contributed by atoms with E-state index in [0.717, 1.165) is 7.11 Å². The maximum atomic E-state index is 11.0. The van der Waals surface area contributed by atoms with Crippen molar-refractivity contribution >= 4 is 12.1 Å². The summed E-state index contributed by atoms with van der Waals surface area (Å²) in [5.74, 6) is -1.49. The van der Waals surface area contributed by atoms with Gasteiger partial charge in [0.05, 0.1) is 7.11 Å². The summed E-state index contributed by atoms with van der Waals surface area (Å²) in [6.45, 7) is 0.0780. The zero-order chi connectivity index (χ0) is 13.1. The van der Waals surface area contributed by atoms with E-state index in [1.54, 1.807) is 0 Å². The Morgan fingerprint density at radius 3 is 2.29 bits per heavy atom. The van der Waals surface area contributed by atoms with Crippen LogP contribution in [0.4, 0.5) is 4.79 Å². The third kappa shape index (κ3) is 3.84. The smallest absolute Gasteiger partial charge is 0.407 e. The molecule has 0 aromatic rings. The minimum atomic E-state index is -1.16. The molecule has 0 saturated carbocycles. The second-order valence-corrected chi connectivity index (χ2v) is 4.12. The van der Waals surface area contributed by atoms with Crippen LogP contribution in [0.2, 0.25) is 0 Å². The van der Waals surface area contributed by atoms with Crippen molar-refractivity contribution in [3.8, 4) is 0 Å². The molecule has 1 fully saturated rings. The normalized spacial score (nSPS) is 21.6. The van der Waals surface area contributed by atoms with Gasteiger partial charge in [-0.3, -0.25) is 0 Å². The number of amides is 1. The second kappa shape index (κ2) is 5.30. The first-order valence-electron chi connectivity index (χ1n) is 5.25. The molecule has 8 heteroatoms. The van der Waals surface area contributed by atoms with E-state index in [-0.39, 0.29) is 19.0 Å². The number of alkyl carbamates (subject to hydrolysis) is 1. The fourth-order valence-electron chi connectivity index (χ4n) is 1.90. The minimum absolute atomic E-state index is 0.0390. The van der Waals surface area contributed by atoms with E-state index < -0.39 is 22.9 Å². The monoisotopic (exact) mass is 249 g/mol. The summed E-state index contributed by atoms with van der Waals surface area (Å²) in [6.07, 6.45) is -0.209. The van der Waals surface area contributed by atoms with Gasteiger partial charge >= 0.3 is 12.1 Å². The van der Waals surface area contributed by atoms with E-state index >= 15 is 0 Å². The molecule has 0 aromatic heterocycles. The fraction of sp³-hybridized carbons (Fsp3) is 0.778. The molecular weight excluding hydrogens is 232 g/mol. The third-order valence-corrected chi connectivity index (χ3v) is 2.91. The zero-order valence-electron chi connectivity index (χ0n) is 9.50. The van der Waals surface area contributed by atoms with Crippen molar-refractivity contribution in [1.82, 2.24) is 5.32 Å². The second-order valence-electron chi connectivity index (χ2n) is 4.12. The number of hydrogen-bond acceptors (Lipinski definition) is 5. The zero-order valence-corrected chi connectivity index (χ0v) is 9.50. The standard InChI is InChI=1S/C9H16N2O6/c1-17-9(14)10-7(8(12)13)6-2-4-11(15,16)5-3-6/h6-7,15-16H,2-5H2,1H3,(H-,10,12,13,14)/p+1. The number of nitrogens with zero attached hydrogens (tertiary/aromatic N) is 1. The molecule has 1 heterocycles. The number of aliphatic carboxylic acids is 1. The SMILES string of the molecule is COC(=O)NC(C(=O)O)C1CC[N+](O)(O)CC1. The molecule has 8 nitrogen and oxygen atoms in total. The van der Waals surface area contributed by atoms with E-state index in [1.807, 2.05) is 0 Å². The Morgan fingerprint density at radius 1 is 1.35 bits per heavy atom. The lowest BCUT2D eigenvalue weighted by Crippen LogP contribution is -2.53. The van der Waals surface area contributed by atoms with Crippen LogP contribution < -0.4 is 5.32 Å². The summed E-state index contributed by atoms with van der Waals surface area (Å²) < 4.78 is 4.35. The molecular formula is C9H17N2O6+. The number of carbonyl (C=O) groups excluding carboxylic acids is 1. The average Bonchev–Trinajstić information content (AvgIpc) is 2.26. The van der Waals surface area contributed by atoms with Crippen LogP contribution in [0.25, 0.3) is 0 Å². The number of hydroxylamine groups is 4. The topological polar surface area (TPSA) is 116 Å². The average molecular weight is 249 g/mol. The van der Waals surface area contributed by atoms with Gasteiger partial charge in [0.1, 0.15) is 19.1 Å². The number of hydrogen-bond donors (Lipinski definition) is 4. The van der Waals surface area contributed by atoms with Gasteiger partial charge in [0.15, 0.2) is 0 Å².